The van der Waals surface area contributed by atoms with Crippen molar-refractivity contribution in [1.29, 1.82) is 0 Å². The smallest absolute Gasteiger partial charge is 0.104 e. The van der Waals surface area contributed by atoms with Crippen LogP contribution in [0.15, 0.2) is 66.8 Å². The molecule has 0 fully saturated rings. The highest BCUT2D eigenvalue weighted by molar-refractivity contribution is 5.14. The van der Waals surface area contributed by atoms with Crippen LogP contribution in [0.2, 0.25) is 0 Å². The fourth-order valence-electron chi connectivity index (χ4n) is 4.05. The molecule has 1 aromatic rings. The summed E-state index contributed by atoms with van der Waals surface area (Å²) in [6, 6.07) is 11.0. The Morgan fingerprint density at radius 2 is 1.27 bits per heavy atom. The lowest BCUT2D eigenvalue weighted by Gasteiger charge is -2.34. The molecule has 0 N–H and O–H groups in total. The van der Waals surface area contributed by atoms with Crippen molar-refractivity contribution in [2.45, 2.75) is 91.0 Å². The van der Waals surface area contributed by atoms with Crippen molar-refractivity contribution in [3.63, 3.8) is 0 Å². The number of unbranched alkanes of at least 4 members (excludes halogenated alkanes) is 10. The van der Waals surface area contributed by atoms with Crippen molar-refractivity contribution in [1.82, 2.24) is 0 Å². The lowest BCUT2D eigenvalue weighted by atomic mass is 10.1. The largest absolute Gasteiger partial charge is 0.319 e. The molecule has 0 aliphatic rings. The van der Waals surface area contributed by atoms with Crippen LogP contribution in [0.4, 0.5) is 0 Å². The lowest BCUT2D eigenvalue weighted by Crippen LogP contribution is -2.44. The van der Waals surface area contributed by atoms with Crippen LogP contribution in [0.1, 0.15) is 90.0 Å². The molecule has 1 heteroatoms. The Kier molecular flexibility index (Phi) is 16.0. The molecule has 0 saturated heterocycles. The summed E-state index contributed by atoms with van der Waals surface area (Å²) in [5, 5.41) is 0. The van der Waals surface area contributed by atoms with Gasteiger partial charge in [0.15, 0.2) is 0 Å². The van der Waals surface area contributed by atoms with E-state index in [4.69, 9.17) is 0 Å². The summed E-state index contributed by atoms with van der Waals surface area (Å²) >= 11 is 0. The number of quaternary nitrogens is 1. The van der Waals surface area contributed by atoms with Crippen LogP contribution in [-0.4, -0.2) is 24.6 Å². The molecule has 0 aliphatic heterocycles. The molecule has 0 spiro atoms. The van der Waals surface area contributed by atoms with Crippen molar-refractivity contribution < 1.29 is 4.48 Å². The van der Waals surface area contributed by atoms with E-state index in [1.54, 1.807) is 0 Å². The van der Waals surface area contributed by atoms with Crippen LogP contribution in [0, 0.1) is 0 Å². The first-order valence-corrected chi connectivity index (χ1v) is 12.5. The molecule has 0 radical (unpaired) electrons. The predicted octanol–water partition coefficient (Wildman–Crippen LogP) is 8.63. The molecule has 30 heavy (non-hydrogen) atoms. The third-order valence-electron chi connectivity index (χ3n) is 5.92. The Morgan fingerprint density at radius 1 is 0.700 bits per heavy atom. The zero-order chi connectivity index (χ0) is 21.8. The van der Waals surface area contributed by atoms with Gasteiger partial charge in [-0.25, -0.2) is 0 Å². The molecule has 1 unspecified atom stereocenters. The van der Waals surface area contributed by atoms with Gasteiger partial charge in [0.05, 0.1) is 20.1 Å². The summed E-state index contributed by atoms with van der Waals surface area (Å²) in [5.41, 5.74) is 1.45. The number of benzene rings is 1. The Hall–Kier alpha value is -1.60. The zero-order valence-corrected chi connectivity index (χ0v) is 20.2. The molecule has 0 amide bonds. The van der Waals surface area contributed by atoms with E-state index < -0.39 is 0 Å². The highest BCUT2D eigenvalue weighted by Crippen LogP contribution is 2.16. The van der Waals surface area contributed by atoms with Crippen LogP contribution >= 0.6 is 0 Å². The van der Waals surface area contributed by atoms with Gasteiger partial charge < -0.3 is 4.48 Å². The number of hydrogen-bond acceptors (Lipinski definition) is 0. The van der Waals surface area contributed by atoms with E-state index >= 15 is 0 Å². The SMILES string of the molecule is C/C=C/C=C/C=C/C[N+](C)(CCCCCCCCCCCCC)Cc1ccccc1. The van der Waals surface area contributed by atoms with Gasteiger partial charge in [-0.05, 0) is 25.8 Å². The predicted molar refractivity (Wildman–Crippen MR) is 136 cm³/mol. The van der Waals surface area contributed by atoms with Crippen LogP contribution in [0.25, 0.3) is 0 Å². The fraction of sp³-hybridized carbons (Fsp3) is 0.586. The molecular formula is C29H48N+. The third kappa shape index (κ3) is 14.4. The number of likely N-dealkylation sites (N-methyl/N-ethyl adjacent to an activating group) is 1. The second kappa shape index (κ2) is 18.2. The minimum atomic E-state index is 1.09. The summed E-state index contributed by atoms with van der Waals surface area (Å²) in [7, 11) is 2.42. The summed E-state index contributed by atoms with van der Waals surface area (Å²) in [4.78, 5) is 0. The van der Waals surface area contributed by atoms with Crippen molar-refractivity contribution >= 4 is 0 Å². The maximum atomic E-state index is 2.42. The minimum absolute atomic E-state index is 1.09. The van der Waals surface area contributed by atoms with Crippen LogP contribution in [0.3, 0.4) is 0 Å². The summed E-state index contributed by atoms with van der Waals surface area (Å²) in [6.07, 6.45) is 28.4. The molecule has 0 bridgehead atoms. The van der Waals surface area contributed by atoms with E-state index in [0.717, 1.165) is 17.6 Å². The fourth-order valence-corrected chi connectivity index (χ4v) is 4.05. The molecule has 0 aliphatic carbocycles. The molecule has 0 aromatic heterocycles. The highest BCUT2D eigenvalue weighted by atomic mass is 15.3. The number of nitrogens with zero attached hydrogens (tertiary/aromatic N) is 1. The van der Waals surface area contributed by atoms with Gasteiger partial charge in [-0.2, -0.15) is 0 Å². The maximum Gasteiger partial charge on any atom is 0.104 e. The van der Waals surface area contributed by atoms with Crippen LogP contribution in [0.5, 0.6) is 0 Å². The average Bonchev–Trinajstić information content (AvgIpc) is 2.75. The summed E-state index contributed by atoms with van der Waals surface area (Å²) in [6.45, 7) is 7.81. The average molecular weight is 411 g/mol. The molecule has 168 valence electrons. The summed E-state index contributed by atoms with van der Waals surface area (Å²) in [5.74, 6) is 0. The second-order valence-electron chi connectivity index (χ2n) is 9.04. The molecule has 1 atom stereocenters. The van der Waals surface area contributed by atoms with E-state index in [1.165, 1.54) is 82.7 Å². The number of allylic oxidation sites excluding steroid dienone is 5. The Morgan fingerprint density at radius 3 is 1.87 bits per heavy atom. The second-order valence-corrected chi connectivity index (χ2v) is 9.04. The minimum Gasteiger partial charge on any atom is -0.319 e. The van der Waals surface area contributed by atoms with Gasteiger partial charge >= 0.3 is 0 Å². The third-order valence-corrected chi connectivity index (χ3v) is 5.92. The van der Waals surface area contributed by atoms with E-state index in [9.17, 15) is 0 Å². The van der Waals surface area contributed by atoms with Gasteiger partial charge in [0.25, 0.3) is 0 Å². The first-order valence-electron chi connectivity index (χ1n) is 12.5. The van der Waals surface area contributed by atoms with E-state index in [2.05, 4.69) is 87.7 Å². The van der Waals surface area contributed by atoms with Crippen molar-refractivity contribution in [2.24, 2.45) is 0 Å². The van der Waals surface area contributed by atoms with Gasteiger partial charge in [-0.3, -0.25) is 0 Å². The van der Waals surface area contributed by atoms with Gasteiger partial charge in [-0.1, -0.05) is 125 Å². The van der Waals surface area contributed by atoms with Gasteiger partial charge in [-0.15, -0.1) is 0 Å². The zero-order valence-electron chi connectivity index (χ0n) is 20.2. The normalized spacial score (nSPS) is 14.2. The summed E-state index contributed by atoms with van der Waals surface area (Å²) < 4.78 is 1.09. The van der Waals surface area contributed by atoms with Gasteiger partial charge in [0.1, 0.15) is 6.54 Å². The Labute approximate surface area is 188 Å². The molecule has 0 saturated carbocycles. The van der Waals surface area contributed by atoms with Crippen molar-refractivity contribution in [2.75, 3.05) is 20.1 Å². The first kappa shape index (κ1) is 26.4. The quantitative estimate of drug-likeness (QED) is 0.129. The van der Waals surface area contributed by atoms with Gasteiger partial charge in [0.2, 0.25) is 0 Å². The van der Waals surface area contributed by atoms with E-state index in [0.29, 0.717) is 0 Å². The maximum absolute atomic E-state index is 2.42. The highest BCUT2D eigenvalue weighted by Gasteiger charge is 2.20. The van der Waals surface area contributed by atoms with E-state index in [-0.39, 0.29) is 0 Å². The van der Waals surface area contributed by atoms with Gasteiger partial charge in [0, 0.05) is 5.56 Å². The Bertz CT molecular complexity index is 584. The van der Waals surface area contributed by atoms with E-state index in [1.807, 2.05) is 0 Å². The number of rotatable bonds is 18. The monoisotopic (exact) mass is 410 g/mol. The molecule has 1 aromatic carbocycles. The molecule has 1 nitrogen and oxygen atoms in total. The molecule has 0 heterocycles. The lowest BCUT2D eigenvalue weighted by molar-refractivity contribution is -0.917. The molecular weight excluding hydrogens is 362 g/mol. The standard InChI is InChI=1S/C29H48N/c1-4-6-8-10-12-13-14-15-16-18-23-27-30(3,26-22-17-11-9-7-5-2)28-29-24-20-19-21-25-29/h5,7,9,11,17,19-22,24-25H,4,6,8,10,12-16,18,23,26-28H2,1-3H3/q+1/b7-5+,11-9+,22-17+. The molecule has 1 rings (SSSR count). The van der Waals surface area contributed by atoms with Crippen LogP contribution < -0.4 is 0 Å². The van der Waals surface area contributed by atoms with Crippen molar-refractivity contribution in [3.05, 3.63) is 72.4 Å². The Balaban J connectivity index is 2.33. The van der Waals surface area contributed by atoms with Crippen molar-refractivity contribution in [3.8, 4) is 0 Å². The van der Waals surface area contributed by atoms with Crippen LogP contribution in [-0.2, 0) is 6.54 Å². The number of hydrogen-bond donors (Lipinski definition) is 0. The first-order chi connectivity index (χ1) is 14.7. The topological polar surface area (TPSA) is 0 Å².